The number of hydrazone groups is 1. The van der Waals surface area contributed by atoms with Gasteiger partial charge in [-0.25, -0.2) is 5.43 Å². The molecule has 0 bridgehead atoms. The maximum atomic E-state index is 6.30. The predicted octanol–water partition coefficient (Wildman–Crippen LogP) is 6.55. The van der Waals surface area contributed by atoms with Gasteiger partial charge in [0.05, 0.1) is 19.4 Å². The van der Waals surface area contributed by atoms with E-state index in [-0.39, 0.29) is 6.61 Å². The maximum Gasteiger partial charge on any atom is 0.250 e. The third kappa shape index (κ3) is 7.57. The molecule has 0 saturated carbocycles. The fourth-order valence-electron chi connectivity index (χ4n) is 3.73. The highest BCUT2D eigenvalue weighted by Gasteiger charge is 2.17. The highest BCUT2D eigenvalue weighted by atomic mass is 79.9. The molecule has 12 heteroatoms. The smallest absolute Gasteiger partial charge is 0.250 e. The third-order valence-corrected chi connectivity index (χ3v) is 6.77. The maximum absolute atomic E-state index is 6.30. The molecule has 1 aliphatic heterocycles. The largest absolute Gasteiger partial charge is 0.488 e. The van der Waals surface area contributed by atoms with E-state index in [1.54, 1.807) is 18.3 Å². The van der Waals surface area contributed by atoms with Crippen molar-refractivity contribution in [3.8, 4) is 5.75 Å². The van der Waals surface area contributed by atoms with Gasteiger partial charge in [0.15, 0.2) is 0 Å². The molecule has 0 aliphatic carbocycles. The van der Waals surface area contributed by atoms with Gasteiger partial charge < -0.3 is 19.7 Å². The molecule has 1 aromatic heterocycles. The molecule has 5 rings (SSSR count). The normalized spacial score (nSPS) is 13.5. The van der Waals surface area contributed by atoms with Crippen molar-refractivity contribution in [1.29, 1.82) is 0 Å². The summed E-state index contributed by atoms with van der Waals surface area (Å²) in [6.45, 7) is 2.88. The number of hydrogen-bond donors (Lipinski definition) is 2. The van der Waals surface area contributed by atoms with E-state index in [0.717, 1.165) is 21.3 Å². The summed E-state index contributed by atoms with van der Waals surface area (Å²) < 4.78 is 12.4. The van der Waals surface area contributed by atoms with Crippen molar-refractivity contribution in [2.24, 2.45) is 5.10 Å². The van der Waals surface area contributed by atoms with Gasteiger partial charge in [-0.2, -0.15) is 20.1 Å². The summed E-state index contributed by atoms with van der Waals surface area (Å²) in [6.07, 6.45) is 1.64. The van der Waals surface area contributed by atoms with Gasteiger partial charge in [0, 0.05) is 44.4 Å². The summed E-state index contributed by atoms with van der Waals surface area (Å²) >= 11 is 15.8. The van der Waals surface area contributed by atoms with Gasteiger partial charge in [0.1, 0.15) is 12.4 Å². The van der Waals surface area contributed by atoms with E-state index in [1.807, 2.05) is 54.6 Å². The number of aromatic nitrogens is 3. The molecule has 39 heavy (non-hydrogen) atoms. The van der Waals surface area contributed by atoms with Crippen molar-refractivity contribution < 1.29 is 9.47 Å². The molecule has 0 amide bonds. The molecule has 1 fully saturated rings. The summed E-state index contributed by atoms with van der Waals surface area (Å²) in [7, 11) is 0. The molecule has 200 valence electrons. The zero-order valence-corrected chi connectivity index (χ0v) is 23.7. The number of halogens is 3. The minimum absolute atomic E-state index is 0.275. The van der Waals surface area contributed by atoms with Crippen molar-refractivity contribution in [3.05, 3.63) is 92.4 Å². The number of hydrogen-bond acceptors (Lipinski definition) is 9. The van der Waals surface area contributed by atoms with Crippen LogP contribution in [0.2, 0.25) is 10.0 Å². The summed E-state index contributed by atoms with van der Waals surface area (Å²) in [4.78, 5) is 15.7. The summed E-state index contributed by atoms with van der Waals surface area (Å²) in [5, 5.41) is 8.74. The van der Waals surface area contributed by atoms with E-state index in [2.05, 4.69) is 51.6 Å². The van der Waals surface area contributed by atoms with Gasteiger partial charge in [0.25, 0.3) is 0 Å². The molecule has 2 N–H and O–H groups in total. The lowest BCUT2D eigenvalue weighted by Crippen LogP contribution is -2.37. The van der Waals surface area contributed by atoms with E-state index in [4.69, 9.17) is 32.7 Å². The lowest BCUT2D eigenvalue weighted by molar-refractivity contribution is 0.122. The second-order valence-corrected chi connectivity index (χ2v) is 10.2. The Morgan fingerprint density at radius 3 is 2.56 bits per heavy atom. The van der Waals surface area contributed by atoms with E-state index >= 15 is 0 Å². The van der Waals surface area contributed by atoms with Gasteiger partial charge in [0.2, 0.25) is 17.8 Å². The molecule has 1 saturated heterocycles. The van der Waals surface area contributed by atoms with Gasteiger partial charge in [-0.05, 0) is 42.5 Å². The first-order chi connectivity index (χ1) is 19.0. The first-order valence-corrected chi connectivity index (χ1v) is 13.6. The zero-order chi connectivity index (χ0) is 27.0. The van der Waals surface area contributed by atoms with Gasteiger partial charge in [-0.15, -0.1) is 0 Å². The van der Waals surface area contributed by atoms with E-state index < -0.39 is 0 Å². The van der Waals surface area contributed by atoms with Crippen LogP contribution in [0.15, 0.2) is 76.3 Å². The van der Waals surface area contributed by atoms with E-state index in [1.165, 1.54) is 0 Å². The Morgan fingerprint density at radius 2 is 1.77 bits per heavy atom. The van der Waals surface area contributed by atoms with Crippen LogP contribution in [0.5, 0.6) is 5.75 Å². The second-order valence-electron chi connectivity index (χ2n) is 8.45. The lowest BCUT2D eigenvalue weighted by atomic mass is 10.2. The predicted molar refractivity (Wildman–Crippen MR) is 159 cm³/mol. The van der Waals surface area contributed by atoms with Crippen LogP contribution in [0.4, 0.5) is 23.5 Å². The highest BCUT2D eigenvalue weighted by Crippen LogP contribution is 2.26. The van der Waals surface area contributed by atoms with Crippen LogP contribution in [0.25, 0.3) is 0 Å². The third-order valence-electron chi connectivity index (χ3n) is 5.69. The topological polar surface area (TPSA) is 96.8 Å². The molecule has 2 heterocycles. The number of anilines is 4. The monoisotopic (exact) mass is 627 g/mol. The van der Waals surface area contributed by atoms with Crippen LogP contribution in [0.3, 0.4) is 0 Å². The number of rotatable bonds is 9. The van der Waals surface area contributed by atoms with Crippen molar-refractivity contribution in [2.75, 3.05) is 41.9 Å². The number of ether oxygens (including phenoxy) is 2. The van der Waals surface area contributed by atoms with Crippen LogP contribution in [-0.2, 0) is 11.3 Å². The minimum Gasteiger partial charge on any atom is -0.488 e. The summed E-state index contributed by atoms with van der Waals surface area (Å²) in [5.41, 5.74) is 5.37. The second kappa shape index (κ2) is 13.1. The Hall–Kier alpha value is -3.44. The summed E-state index contributed by atoms with van der Waals surface area (Å²) in [5.74, 6) is 1.87. The molecule has 0 radical (unpaired) electrons. The number of morpholine rings is 1. The lowest BCUT2D eigenvalue weighted by Gasteiger charge is -2.27. The van der Waals surface area contributed by atoms with Crippen LogP contribution >= 0.6 is 39.1 Å². The Balaban J connectivity index is 1.34. The fourth-order valence-corrected chi connectivity index (χ4v) is 4.57. The molecule has 4 aromatic rings. The number of benzene rings is 3. The fraction of sp³-hybridized carbons (Fsp3) is 0.185. The molecule has 3 aromatic carbocycles. The SMILES string of the molecule is Clc1ccc(COc2ccc(Br)cc2/C=N/Nc2nc(Nc3ccccc3)nc(N3CCOCC3)n2)c(Cl)c1. The summed E-state index contributed by atoms with van der Waals surface area (Å²) in [6, 6.07) is 20.7. The van der Waals surface area contributed by atoms with Crippen LogP contribution < -0.4 is 20.4 Å². The Labute approximate surface area is 244 Å². The highest BCUT2D eigenvalue weighted by molar-refractivity contribution is 9.10. The first-order valence-electron chi connectivity index (χ1n) is 12.1. The van der Waals surface area contributed by atoms with Gasteiger partial charge >= 0.3 is 0 Å². The number of nitrogens with one attached hydrogen (secondary N) is 2. The zero-order valence-electron chi connectivity index (χ0n) is 20.7. The number of para-hydroxylation sites is 1. The molecule has 9 nitrogen and oxygen atoms in total. The van der Waals surface area contributed by atoms with Crippen LogP contribution in [0, 0.1) is 0 Å². The molecular formula is C27H24BrCl2N7O2. The molecule has 0 unspecified atom stereocenters. The molecular weight excluding hydrogens is 605 g/mol. The van der Waals surface area contributed by atoms with Crippen molar-refractivity contribution in [1.82, 2.24) is 15.0 Å². The average Bonchev–Trinajstić information content (AvgIpc) is 2.94. The Bertz CT molecular complexity index is 1450. The minimum atomic E-state index is 0.275. The van der Waals surface area contributed by atoms with Crippen molar-refractivity contribution >= 4 is 68.9 Å². The van der Waals surface area contributed by atoms with Gasteiger partial charge in [-0.1, -0.05) is 63.4 Å². The quantitative estimate of drug-likeness (QED) is 0.159. The molecule has 0 atom stereocenters. The first kappa shape index (κ1) is 27.1. The Kier molecular flexibility index (Phi) is 9.10. The standard InChI is InChI=1S/C27H24BrCl2N7O2/c28-20-7-9-24(39-17-18-6-8-21(29)15-23(18)30)19(14-20)16-31-36-26-33-25(32-22-4-2-1-3-5-22)34-27(35-26)37-10-12-38-13-11-37/h1-9,14-16H,10-13,17H2,(H2,32,33,34,35,36)/b31-16+. The Morgan fingerprint density at radius 1 is 0.974 bits per heavy atom. The van der Waals surface area contributed by atoms with E-state index in [9.17, 15) is 0 Å². The van der Waals surface area contributed by atoms with Crippen molar-refractivity contribution in [3.63, 3.8) is 0 Å². The van der Waals surface area contributed by atoms with E-state index in [0.29, 0.717) is 59.9 Å². The van der Waals surface area contributed by atoms with Crippen LogP contribution in [-0.4, -0.2) is 47.5 Å². The number of nitrogens with zero attached hydrogens (tertiary/aromatic N) is 5. The van der Waals surface area contributed by atoms with Crippen LogP contribution in [0.1, 0.15) is 11.1 Å². The molecule has 0 spiro atoms. The van der Waals surface area contributed by atoms with Gasteiger partial charge in [-0.3, -0.25) is 0 Å². The van der Waals surface area contributed by atoms with Crippen molar-refractivity contribution in [2.45, 2.75) is 6.61 Å². The average molecular weight is 629 g/mol. The molecule has 1 aliphatic rings.